The molecule has 0 aliphatic carbocycles. The number of para-hydroxylation sites is 1. The molecular formula is C24H25N3O5. The number of benzene rings is 2. The summed E-state index contributed by atoms with van der Waals surface area (Å²) >= 11 is 0. The van der Waals surface area contributed by atoms with Crippen molar-refractivity contribution in [1.29, 1.82) is 0 Å². The molecule has 8 heteroatoms. The number of pyridine rings is 1. The zero-order valence-corrected chi connectivity index (χ0v) is 18.2. The van der Waals surface area contributed by atoms with Gasteiger partial charge in [-0.25, -0.2) is 4.79 Å². The maximum atomic E-state index is 12.0. The van der Waals surface area contributed by atoms with Crippen LogP contribution in [0, 0.1) is 0 Å². The number of ether oxygens (including phenoxy) is 2. The number of fused-ring (bicyclic) bond motifs is 1. The van der Waals surface area contributed by atoms with E-state index in [9.17, 15) is 4.79 Å². The second-order valence-corrected chi connectivity index (χ2v) is 6.74. The van der Waals surface area contributed by atoms with Gasteiger partial charge in [-0.3, -0.25) is 4.98 Å². The first-order valence-electron chi connectivity index (χ1n) is 10.0. The van der Waals surface area contributed by atoms with E-state index in [1.54, 1.807) is 24.5 Å². The zero-order valence-electron chi connectivity index (χ0n) is 18.2. The second kappa shape index (κ2) is 11.6. The van der Waals surface area contributed by atoms with Crippen molar-refractivity contribution in [3.05, 3.63) is 77.5 Å². The summed E-state index contributed by atoms with van der Waals surface area (Å²) in [6, 6.07) is 17.1. The molecule has 8 nitrogen and oxygen atoms in total. The molecule has 0 saturated carbocycles. The van der Waals surface area contributed by atoms with Crippen LogP contribution in [0.15, 0.2) is 71.1 Å². The van der Waals surface area contributed by atoms with Gasteiger partial charge in [-0.2, -0.15) is 0 Å². The fourth-order valence-electron chi connectivity index (χ4n) is 3.18. The molecule has 0 fully saturated rings. The van der Waals surface area contributed by atoms with Crippen molar-refractivity contribution in [2.45, 2.75) is 19.6 Å². The van der Waals surface area contributed by atoms with Gasteiger partial charge in [0.05, 0.1) is 32.1 Å². The van der Waals surface area contributed by atoms with Gasteiger partial charge in [-0.1, -0.05) is 52.8 Å². The molecule has 2 aromatic carbocycles. The topological polar surface area (TPSA) is 91.6 Å². The van der Waals surface area contributed by atoms with E-state index in [4.69, 9.17) is 19.1 Å². The standard InChI is InChI=1S/C24H25N3O5/c1-17(19-12-13-25-22-11-7-6-10-21(19)22)32-26-14-15-31-16-18-8-4-5-9-20(18)23(27-30-3)24(28)29-2/h4-14,17H,15-16H2,1-3H3/b26-14+,27-23+. The third-order valence-electron chi connectivity index (χ3n) is 4.70. The highest BCUT2D eigenvalue weighted by atomic mass is 16.6. The number of rotatable bonds is 10. The third-order valence-corrected chi connectivity index (χ3v) is 4.70. The van der Waals surface area contributed by atoms with E-state index in [-0.39, 0.29) is 25.0 Å². The average molecular weight is 435 g/mol. The lowest BCUT2D eigenvalue weighted by Gasteiger charge is -2.12. The van der Waals surface area contributed by atoms with Gasteiger partial charge in [0.2, 0.25) is 0 Å². The van der Waals surface area contributed by atoms with E-state index < -0.39 is 5.97 Å². The minimum atomic E-state index is -0.591. The van der Waals surface area contributed by atoms with Crippen LogP contribution in [0.25, 0.3) is 10.9 Å². The van der Waals surface area contributed by atoms with Crippen molar-refractivity contribution in [3.8, 4) is 0 Å². The SMILES string of the molecule is CO/N=C(/C(=O)OC)c1ccccc1COC/C=N/OC(C)c1ccnc2ccccc12. The summed E-state index contributed by atoms with van der Waals surface area (Å²) in [5.74, 6) is -0.591. The summed E-state index contributed by atoms with van der Waals surface area (Å²) in [7, 11) is 2.66. The van der Waals surface area contributed by atoms with Gasteiger partial charge < -0.3 is 19.1 Å². The number of hydrogen-bond acceptors (Lipinski definition) is 8. The predicted octanol–water partition coefficient (Wildman–Crippen LogP) is 4.04. The lowest BCUT2D eigenvalue weighted by molar-refractivity contribution is -0.132. The Morgan fingerprint density at radius 1 is 1.09 bits per heavy atom. The summed E-state index contributed by atoms with van der Waals surface area (Å²) in [6.45, 7) is 2.40. The third kappa shape index (κ3) is 5.67. The molecule has 0 radical (unpaired) electrons. The molecule has 0 bridgehead atoms. The summed E-state index contributed by atoms with van der Waals surface area (Å²) in [6.07, 6.45) is 3.07. The van der Waals surface area contributed by atoms with Gasteiger partial charge in [-0.05, 0) is 24.6 Å². The fraction of sp³-hybridized carbons (Fsp3) is 0.250. The first kappa shape index (κ1) is 22.9. The molecule has 1 heterocycles. The number of oxime groups is 2. The number of carbonyl (C=O) groups is 1. The summed E-state index contributed by atoms with van der Waals surface area (Å²) < 4.78 is 10.5. The molecule has 32 heavy (non-hydrogen) atoms. The van der Waals surface area contributed by atoms with Crippen molar-refractivity contribution < 1.29 is 23.9 Å². The maximum Gasteiger partial charge on any atom is 0.360 e. The fourth-order valence-corrected chi connectivity index (χ4v) is 3.18. The number of carbonyl (C=O) groups excluding carboxylic acids is 1. The Kier molecular flexibility index (Phi) is 8.28. The Bertz CT molecular complexity index is 1110. The number of aromatic nitrogens is 1. The van der Waals surface area contributed by atoms with E-state index in [2.05, 4.69) is 15.3 Å². The minimum absolute atomic E-state index is 0.0737. The number of hydrogen-bond donors (Lipinski definition) is 0. The van der Waals surface area contributed by atoms with Gasteiger partial charge in [0.1, 0.15) is 7.11 Å². The van der Waals surface area contributed by atoms with E-state index in [1.807, 2.05) is 49.4 Å². The molecule has 1 aromatic heterocycles. The largest absolute Gasteiger partial charge is 0.464 e. The van der Waals surface area contributed by atoms with Crippen LogP contribution in [-0.4, -0.2) is 43.7 Å². The van der Waals surface area contributed by atoms with E-state index >= 15 is 0 Å². The van der Waals surface area contributed by atoms with Crippen LogP contribution in [0.1, 0.15) is 29.7 Å². The highest BCUT2D eigenvalue weighted by Gasteiger charge is 2.19. The Hall–Kier alpha value is -3.78. The van der Waals surface area contributed by atoms with Crippen LogP contribution in [0.2, 0.25) is 0 Å². The number of esters is 1. The molecule has 0 spiro atoms. The Balaban J connectivity index is 1.57. The highest BCUT2D eigenvalue weighted by molar-refractivity contribution is 6.43. The smallest absolute Gasteiger partial charge is 0.360 e. The summed E-state index contributed by atoms with van der Waals surface area (Å²) in [5.41, 5.74) is 3.34. The van der Waals surface area contributed by atoms with E-state index in [1.165, 1.54) is 14.2 Å². The number of nitrogens with zero attached hydrogens (tertiary/aromatic N) is 3. The molecule has 1 atom stereocenters. The molecule has 0 N–H and O–H groups in total. The van der Waals surface area contributed by atoms with Crippen LogP contribution < -0.4 is 0 Å². The summed E-state index contributed by atoms with van der Waals surface area (Å²) in [5, 5.41) is 8.85. The first-order chi connectivity index (χ1) is 15.7. The van der Waals surface area contributed by atoms with E-state index in [0.29, 0.717) is 5.56 Å². The van der Waals surface area contributed by atoms with Crippen LogP contribution in [0.3, 0.4) is 0 Å². The van der Waals surface area contributed by atoms with Gasteiger partial charge in [0, 0.05) is 22.7 Å². The molecule has 0 aliphatic rings. The summed E-state index contributed by atoms with van der Waals surface area (Å²) in [4.78, 5) is 26.8. The zero-order chi connectivity index (χ0) is 22.8. The predicted molar refractivity (Wildman–Crippen MR) is 121 cm³/mol. The molecule has 0 aliphatic heterocycles. The van der Waals surface area contributed by atoms with Crippen LogP contribution in [-0.2, 0) is 30.6 Å². The normalized spacial score (nSPS) is 12.7. The Labute approximate surface area is 186 Å². The molecule has 166 valence electrons. The van der Waals surface area contributed by atoms with Gasteiger partial charge in [0.15, 0.2) is 11.8 Å². The van der Waals surface area contributed by atoms with E-state index in [0.717, 1.165) is 22.0 Å². The van der Waals surface area contributed by atoms with Crippen LogP contribution >= 0.6 is 0 Å². The second-order valence-electron chi connectivity index (χ2n) is 6.74. The van der Waals surface area contributed by atoms with Crippen molar-refractivity contribution in [1.82, 2.24) is 4.98 Å². The lowest BCUT2D eigenvalue weighted by Crippen LogP contribution is -2.19. The average Bonchev–Trinajstić information content (AvgIpc) is 2.84. The Morgan fingerprint density at radius 3 is 2.69 bits per heavy atom. The number of methoxy groups -OCH3 is 1. The Morgan fingerprint density at radius 2 is 1.88 bits per heavy atom. The molecule has 3 aromatic rings. The monoisotopic (exact) mass is 435 g/mol. The molecule has 3 rings (SSSR count). The van der Waals surface area contributed by atoms with Crippen molar-refractivity contribution >= 4 is 28.8 Å². The van der Waals surface area contributed by atoms with Gasteiger partial charge >= 0.3 is 5.97 Å². The maximum absolute atomic E-state index is 12.0. The van der Waals surface area contributed by atoms with Crippen LogP contribution in [0.5, 0.6) is 0 Å². The molecule has 0 amide bonds. The quantitative estimate of drug-likeness (QED) is 0.207. The van der Waals surface area contributed by atoms with Gasteiger partial charge in [0.25, 0.3) is 0 Å². The molecular weight excluding hydrogens is 410 g/mol. The van der Waals surface area contributed by atoms with Gasteiger partial charge in [-0.15, -0.1) is 0 Å². The molecule has 1 unspecified atom stereocenters. The van der Waals surface area contributed by atoms with Crippen molar-refractivity contribution in [2.75, 3.05) is 20.8 Å². The highest BCUT2D eigenvalue weighted by Crippen LogP contribution is 2.24. The van der Waals surface area contributed by atoms with Crippen LogP contribution in [0.4, 0.5) is 0 Å². The first-order valence-corrected chi connectivity index (χ1v) is 10.0. The van der Waals surface area contributed by atoms with Crippen molar-refractivity contribution in [3.63, 3.8) is 0 Å². The minimum Gasteiger partial charge on any atom is -0.464 e. The lowest BCUT2D eigenvalue weighted by atomic mass is 10.0. The molecule has 0 saturated heterocycles. The van der Waals surface area contributed by atoms with Crippen molar-refractivity contribution in [2.24, 2.45) is 10.3 Å².